The lowest BCUT2D eigenvalue weighted by Gasteiger charge is -2.22. The van der Waals surface area contributed by atoms with Crippen molar-refractivity contribution < 1.29 is 36.6 Å². The molecular formula is C11H16F5NO3. The number of aliphatic carboxylic acids is 1. The molecule has 2 N–H and O–H groups in total. The highest BCUT2D eigenvalue weighted by atomic mass is 19.4. The van der Waals surface area contributed by atoms with Crippen LogP contribution in [0.1, 0.15) is 26.7 Å². The maximum Gasteiger partial charge on any atom is 0.463 e. The van der Waals surface area contributed by atoms with Gasteiger partial charge < -0.3 is 10.4 Å². The van der Waals surface area contributed by atoms with Gasteiger partial charge in [-0.25, -0.2) is 0 Å². The van der Waals surface area contributed by atoms with Crippen molar-refractivity contribution in [2.75, 3.05) is 6.54 Å². The van der Waals surface area contributed by atoms with Gasteiger partial charge in [-0.3, -0.25) is 9.59 Å². The summed E-state index contributed by atoms with van der Waals surface area (Å²) in [5, 5.41) is 10.1. The summed E-state index contributed by atoms with van der Waals surface area (Å²) in [7, 11) is 0. The van der Waals surface area contributed by atoms with E-state index in [-0.39, 0.29) is 12.3 Å². The average Bonchev–Trinajstić information content (AvgIpc) is 2.21. The third kappa shape index (κ3) is 5.70. The summed E-state index contributed by atoms with van der Waals surface area (Å²) in [6, 6.07) is 0. The Labute approximate surface area is 112 Å². The summed E-state index contributed by atoms with van der Waals surface area (Å²) in [6.45, 7) is 2.93. The first-order chi connectivity index (χ1) is 8.87. The van der Waals surface area contributed by atoms with Crippen LogP contribution in [0.15, 0.2) is 0 Å². The highest BCUT2D eigenvalue weighted by molar-refractivity contribution is 5.84. The maximum atomic E-state index is 12.6. The van der Waals surface area contributed by atoms with Crippen LogP contribution in [0.4, 0.5) is 22.0 Å². The molecule has 20 heavy (non-hydrogen) atoms. The van der Waals surface area contributed by atoms with Crippen LogP contribution in [-0.2, 0) is 9.59 Å². The smallest absolute Gasteiger partial charge is 0.463 e. The number of carboxylic acids is 1. The topological polar surface area (TPSA) is 66.4 Å². The number of carbonyl (C=O) groups excluding carboxylic acids is 1. The van der Waals surface area contributed by atoms with Crippen LogP contribution >= 0.6 is 0 Å². The molecule has 0 spiro atoms. The first-order valence-electron chi connectivity index (χ1n) is 5.82. The number of hydrogen-bond acceptors (Lipinski definition) is 2. The van der Waals surface area contributed by atoms with Crippen LogP contribution in [0.3, 0.4) is 0 Å². The van der Waals surface area contributed by atoms with Gasteiger partial charge in [0.15, 0.2) is 0 Å². The number of alkyl halides is 5. The van der Waals surface area contributed by atoms with Gasteiger partial charge in [-0.15, -0.1) is 0 Å². The zero-order valence-corrected chi connectivity index (χ0v) is 10.9. The molecule has 0 aliphatic rings. The Morgan fingerprint density at radius 3 is 2.00 bits per heavy atom. The Balaban J connectivity index is 4.62. The maximum absolute atomic E-state index is 12.6. The number of nitrogens with one attached hydrogen (secondary N) is 1. The average molecular weight is 305 g/mol. The molecule has 0 aliphatic carbocycles. The number of carboxylic acid groups (broad SMARTS) is 1. The van der Waals surface area contributed by atoms with Crippen LogP contribution in [0.2, 0.25) is 0 Å². The predicted molar refractivity (Wildman–Crippen MR) is 59.2 cm³/mol. The molecule has 0 rings (SSSR count). The molecule has 0 aliphatic heterocycles. The molecule has 0 saturated carbocycles. The zero-order valence-electron chi connectivity index (χ0n) is 10.9. The van der Waals surface area contributed by atoms with Crippen molar-refractivity contribution in [3.05, 3.63) is 0 Å². The van der Waals surface area contributed by atoms with E-state index in [1.54, 1.807) is 13.8 Å². The Morgan fingerprint density at radius 1 is 1.15 bits per heavy atom. The van der Waals surface area contributed by atoms with Gasteiger partial charge in [0.1, 0.15) is 0 Å². The van der Waals surface area contributed by atoms with E-state index in [0.717, 1.165) is 0 Å². The Morgan fingerprint density at radius 2 is 1.65 bits per heavy atom. The minimum absolute atomic E-state index is 0.0133. The molecule has 0 aromatic heterocycles. The Kier molecular flexibility index (Phi) is 6.36. The van der Waals surface area contributed by atoms with Crippen molar-refractivity contribution in [2.45, 2.75) is 38.8 Å². The van der Waals surface area contributed by atoms with E-state index in [1.165, 1.54) is 5.32 Å². The number of hydrogen-bond donors (Lipinski definition) is 2. The van der Waals surface area contributed by atoms with E-state index in [9.17, 15) is 31.5 Å². The monoisotopic (exact) mass is 305 g/mol. The quantitative estimate of drug-likeness (QED) is 0.710. The molecule has 1 unspecified atom stereocenters. The fraction of sp³-hybridized carbons (Fsp3) is 0.818. The second-order valence-corrected chi connectivity index (χ2v) is 4.88. The van der Waals surface area contributed by atoms with Crippen LogP contribution in [-0.4, -0.2) is 35.6 Å². The standard InChI is InChI=1S/C11H16F5NO3/c1-6(2)3-7(4-8(18)19)5-17-9(20)10(12,13)11(14,15)16/h6-7H,3-5H2,1-2H3,(H,17,20)(H,18,19). The summed E-state index contributed by atoms with van der Waals surface area (Å²) in [4.78, 5) is 21.4. The minimum atomic E-state index is -5.97. The van der Waals surface area contributed by atoms with Crippen LogP contribution in [0.25, 0.3) is 0 Å². The molecule has 0 aromatic carbocycles. The van der Waals surface area contributed by atoms with E-state index in [2.05, 4.69) is 0 Å². The molecular weight excluding hydrogens is 289 g/mol. The van der Waals surface area contributed by atoms with Crippen LogP contribution in [0, 0.1) is 11.8 Å². The van der Waals surface area contributed by atoms with Gasteiger partial charge in [-0.05, 0) is 18.3 Å². The third-order valence-corrected chi connectivity index (χ3v) is 2.46. The molecule has 0 aromatic rings. The highest BCUT2D eigenvalue weighted by Crippen LogP contribution is 2.35. The second-order valence-electron chi connectivity index (χ2n) is 4.88. The summed E-state index contributed by atoms with van der Waals surface area (Å²) in [6.07, 6.45) is -6.11. The zero-order chi connectivity index (χ0) is 16.1. The van der Waals surface area contributed by atoms with E-state index < -0.39 is 42.9 Å². The largest absolute Gasteiger partial charge is 0.481 e. The number of amides is 1. The molecule has 0 radical (unpaired) electrons. The molecule has 4 nitrogen and oxygen atoms in total. The fourth-order valence-corrected chi connectivity index (χ4v) is 1.63. The summed E-state index contributed by atoms with van der Waals surface area (Å²) in [5.74, 6) is -9.87. The lowest BCUT2D eigenvalue weighted by Crippen LogP contribution is -2.51. The van der Waals surface area contributed by atoms with E-state index in [4.69, 9.17) is 5.11 Å². The molecule has 9 heteroatoms. The van der Waals surface area contributed by atoms with Gasteiger partial charge in [0.25, 0.3) is 5.91 Å². The van der Waals surface area contributed by atoms with E-state index >= 15 is 0 Å². The van der Waals surface area contributed by atoms with Gasteiger partial charge in [-0.1, -0.05) is 13.8 Å². The fourth-order valence-electron chi connectivity index (χ4n) is 1.63. The summed E-state index contributed by atoms with van der Waals surface area (Å²) >= 11 is 0. The van der Waals surface area contributed by atoms with Crippen molar-refractivity contribution in [3.8, 4) is 0 Å². The van der Waals surface area contributed by atoms with Crippen molar-refractivity contribution >= 4 is 11.9 Å². The summed E-state index contributed by atoms with van der Waals surface area (Å²) < 4.78 is 61.1. The highest BCUT2D eigenvalue weighted by Gasteiger charge is 2.63. The Hall–Kier alpha value is -1.41. The van der Waals surface area contributed by atoms with Crippen molar-refractivity contribution in [1.29, 1.82) is 0 Å². The van der Waals surface area contributed by atoms with Gasteiger partial charge >= 0.3 is 18.1 Å². The predicted octanol–water partition coefficient (Wildman–Crippen LogP) is 2.44. The van der Waals surface area contributed by atoms with E-state index in [0.29, 0.717) is 0 Å². The first kappa shape index (κ1) is 18.6. The van der Waals surface area contributed by atoms with Gasteiger partial charge in [0, 0.05) is 13.0 Å². The molecule has 0 heterocycles. The number of carbonyl (C=O) groups is 2. The van der Waals surface area contributed by atoms with E-state index in [1.807, 2.05) is 0 Å². The first-order valence-corrected chi connectivity index (χ1v) is 5.82. The molecule has 118 valence electrons. The lowest BCUT2D eigenvalue weighted by atomic mass is 9.94. The molecule has 0 fully saturated rings. The molecule has 1 atom stereocenters. The Bertz CT molecular complexity index is 354. The second kappa shape index (κ2) is 6.85. The van der Waals surface area contributed by atoms with Crippen molar-refractivity contribution in [2.24, 2.45) is 11.8 Å². The minimum Gasteiger partial charge on any atom is -0.481 e. The van der Waals surface area contributed by atoms with Crippen LogP contribution < -0.4 is 5.32 Å². The molecule has 0 saturated heterocycles. The third-order valence-electron chi connectivity index (χ3n) is 2.46. The van der Waals surface area contributed by atoms with Gasteiger partial charge in [0.05, 0.1) is 0 Å². The lowest BCUT2D eigenvalue weighted by molar-refractivity contribution is -0.269. The molecule has 0 bridgehead atoms. The van der Waals surface area contributed by atoms with Crippen LogP contribution in [0.5, 0.6) is 0 Å². The van der Waals surface area contributed by atoms with Gasteiger partial charge in [0.2, 0.25) is 0 Å². The number of halogens is 5. The summed E-state index contributed by atoms with van der Waals surface area (Å²) in [5.41, 5.74) is 0. The normalized spacial score (nSPS) is 14.2. The van der Waals surface area contributed by atoms with Crippen molar-refractivity contribution in [3.63, 3.8) is 0 Å². The number of rotatable bonds is 7. The van der Waals surface area contributed by atoms with Gasteiger partial charge in [-0.2, -0.15) is 22.0 Å². The van der Waals surface area contributed by atoms with Crippen molar-refractivity contribution in [1.82, 2.24) is 5.32 Å². The SMILES string of the molecule is CC(C)CC(CNC(=O)C(F)(F)C(F)(F)F)CC(=O)O. The molecule has 1 amide bonds.